The second-order valence-corrected chi connectivity index (χ2v) is 7.21. The quantitative estimate of drug-likeness (QED) is 0.886. The molecule has 1 aliphatic heterocycles. The van der Waals surface area contributed by atoms with Crippen molar-refractivity contribution in [3.8, 4) is 0 Å². The molecule has 6 nitrogen and oxygen atoms in total. The van der Waals surface area contributed by atoms with E-state index < -0.39 is 0 Å². The first kappa shape index (κ1) is 18.7. The molecule has 1 N–H and O–H groups in total. The van der Waals surface area contributed by atoms with Crippen LogP contribution in [-0.2, 0) is 6.54 Å². The second-order valence-electron chi connectivity index (χ2n) is 7.21. The van der Waals surface area contributed by atoms with Crippen molar-refractivity contribution in [2.45, 2.75) is 65.5 Å². The van der Waals surface area contributed by atoms with E-state index in [1.165, 1.54) is 32.1 Å². The number of hydrogen-bond donors (Lipinski definition) is 1. The minimum absolute atomic E-state index is 0.178. The van der Waals surface area contributed by atoms with E-state index in [9.17, 15) is 0 Å². The first-order valence-electron chi connectivity index (χ1n) is 9.73. The van der Waals surface area contributed by atoms with Gasteiger partial charge in [0, 0.05) is 61.1 Å². The van der Waals surface area contributed by atoms with Crippen LogP contribution in [0.4, 0.5) is 5.95 Å². The molecule has 1 atom stereocenters. The summed E-state index contributed by atoms with van der Waals surface area (Å²) < 4.78 is 0. The fourth-order valence-corrected chi connectivity index (χ4v) is 3.38. The molecule has 0 spiro atoms. The van der Waals surface area contributed by atoms with Gasteiger partial charge < -0.3 is 10.2 Å². The molecular formula is C20H30N6. The molecule has 3 rings (SSSR count). The fraction of sp³-hybridized carbons (Fsp3) is 0.600. The lowest BCUT2D eigenvalue weighted by Gasteiger charge is -2.25. The Hall–Kier alpha value is -2.08. The van der Waals surface area contributed by atoms with E-state index in [0.29, 0.717) is 0 Å². The molecule has 1 unspecified atom stereocenters. The maximum Gasteiger partial charge on any atom is 0.225 e. The Balaban J connectivity index is 1.63. The standard InChI is InChI=1S/C20H30N6/c1-15(21-11-18-12-22-17(3)23-13-18)19-14-24-20(25-16(19)2)26-9-7-5-4-6-8-10-26/h12-15,21H,4-11H2,1-3H3. The van der Waals surface area contributed by atoms with Crippen LogP contribution in [0.2, 0.25) is 0 Å². The van der Waals surface area contributed by atoms with Gasteiger partial charge in [-0.2, -0.15) is 0 Å². The maximum absolute atomic E-state index is 4.81. The summed E-state index contributed by atoms with van der Waals surface area (Å²) in [7, 11) is 0. The highest BCUT2D eigenvalue weighted by Gasteiger charge is 2.15. The van der Waals surface area contributed by atoms with Crippen molar-refractivity contribution in [1.82, 2.24) is 25.3 Å². The van der Waals surface area contributed by atoms with Crippen molar-refractivity contribution >= 4 is 5.95 Å². The fourth-order valence-electron chi connectivity index (χ4n) is 3.38. The molecule has 0 aliphatic carbocycles. The highest BCUT2D eigenvalue weighted by Crippen LogP contribution is 2.20. The Morgan fingerprint density at radius 1 is 0.962 bits per heavy atom. The Kier molecular flexibility index (Phi) is 6.50. The average Bonchev–Trinajstić information content (AvgIpc) is 2.60. The van der Waals surface area contributed by atoms with Crippen molar-refractivity contribution in [3.63, 3.8) is 0 Å². The predicted octanol–water partition coefficient (Wildman–Crippen LogP) is 3.50. The Bertz CT molecular complexity index is 692. The van der Waals surface area contributed by atoms with E-state index in [1.54, 1.807) is 0 Å². The van der Waals surface area contributed by atoms with Gasteiger partial charge in [0.05, 0.1) is 0 Å². The van der Waals surface area contributed by atoms with Gasteiger partial charge in [-0.15, -0.1) is 0 Å². The number of aryl methyl sites for hydroxylation is 2. The van der Waals surface area contributed by atoms with Crippen molar-refractivity contribution in [1.29, 1.82) is 0 Å². The van der Waals surface area contributed by atoms with Gasteiger partial charge in [0.25, 0.3) is 0 Å². The summed E-state index contributed by atoms with van der Waals surface area (Å²) in [5, 5.41) is 3.52. The van der Waals surface area contributed by atoms with Gasteiger partial charge in [-0.3, -0.25) is 0 Å². The molecule has 0 bridgehead atoms. The first-order valence-corrected chi connectivity index (χ1v) is 9.73. The molecule has 1 aliphatic rings. The van der Waals surface area contributed by atoms with Crippen LogP contribution >= 0.6 is 0 Å². The smallest absolute Gasteiger partial charge is 0.225 e. The minimum atomic E-state index is 0.178. The number of rotatable bonds is 5. The van der Waals surface area contributed by atoms with E-state index in [4.69, 9.17) is 4.98 Å². The summed E-state index contributed by atoms with van der Waals surface area (Å²) in [4.78, 5) is 20.3. The average molecular weight is 355 g/mol. The van der Waals surface area contributed by atoms with E-state index in [1.807, 2.05) is 25.5 Å². The lowest BCUT2D eigenvalue weighted by atomic mass is 10.1. The molecule has 1 fully saturated rings. The molecule has 2 aromatic heterocycles. The second kappa shape index (κ2) is 9.03. The van der Waals surface area contributed by atoms with Crippen molar-refractivity contribution < 1.29 is 0 Å². The van der Waals surface area contributed by atoms with Gasteiger partial charge >= 0.3 is 0 Å². The summed E-state index contributed by atoms with van der Waals surface area (Å²) in [5.41, 5.74) is 3.28. The van der Waals surface area contributed by atoms with Crippen LogP contribution in [-0.4, -0.2) is 33.0 Å². The van der Waals surface area contributed by atoms with Crippen LogP contribution in [0.15, 0.2) is 18.6 Å². The molecule has 3 heterocycles. The molecule has 6 heteroatoms. The van der Waals surface area contributed by atoms with Crippen molar-refractivity contribution in [2.24, 2.45) is 0 Å². The molecule has 0 amide bonds. The first-order chi connectivity index (χ1) is 12.6. The molecule has 26 heavy (non-hydrogen) atoms. The van der Waals surface area contributed by atoms with Crippen LogP contribution in [0.25, 0.3) is 0 Å². The normalized spacial score (nSPS) is 16.8. The number of aromatic nitrogens is 4. The lowest BCUT2D eigenvalue weighted by molar-refractivity contribution is 0.546. The molecular weight excluding hydrogens is 324 g/mol. The molecule has 0 radical (unpaired) electrons. The van der Waals surface area contributed by atoms with Gasteiger partial charge in [0.2, 0.25) is 5.95 Å². The SMILES string of the molecule is Cc1ncc(CNC(C)c2cnc(N3CCCCCCC3)nc2C)cn1. The molecule has 0 aromatic carbocycles. The third-order valence-corrected chi connectivity index (χ3v) is 5.06. The van der Waals surface area contributed by atoms with Crippen molar-refractivity contribution in [2.75, 3.05) is 18.0 Å². The summed E-state index contributed by atoms with van der Waals surface area (Å²) in [5.74, 6) is 1.68. The Labute approximate surface area is 156 Å². The molecule has 2 aromatic rings. The van der Waals surface area contributed by atoms with Gasteiger partial charge in [-0.1, -0.05) is 19.3 Å². The minimum Gasteiger partial charge on any atom is -0.341 e. The number of hydrogen-bond acceptors (Lipinski definition) is 6. The van der Waals surface area contributed by atoms with E-state index in [2.05, 4.69) is 39.0 Å². The molecule has 1 saturated heterocycles. The number of nitrogens with zero attached hydrogens (tertiary/aromatic N) is 5. The van der Waals surface area contributed by atoms with Crippen LogP contribution in [0, 0.1) is 13.8 Å². The zero-order chi connectivity index (χ0) is 18.4. The monoisotopic (exact) mass is 354 g/mol. The van der Waals surface area contributed by atoms with Crippen LogP contribution in [0.3, 0.4) is 0 Å². The summed E-state index contributed by atoms with van der Waals surface area (Å²) in [6.07, 6.45) is 12.2. The summed E-state index contributed by atoms with van der Waals surface area (Å²) in [6.45, 7) is 9.00. The Morgan fingerprint density at radius 3 is 2.27 bits per heavy atom. The van der Waals surface area contributed by atoms with Gasteiger partial charge in [-0.25, -0.2) is 19.9 Å². The number of nitrogens with one attached hydrogen (secondary N) is 1. The zero-order valence-electron chi connectivity index (χ0n) is 16.2. The molecule has 140 valence electrons. The lowest BCUT2D eigenvalue weighted by Crippen LogP contribution is -2.29. The topological polar surface area (TPSA) is 66.8 Å². The third kappa shape index (κ3) is 4.97. The maximum atomic E-state index is 4.81. The predicted molar refractivity (Wildman–Crippen MR) is 104 cm³/mol. The summed E-state index contributed by atoms with van der Waals surface area (Å²) >= 11 is 0. The number of anilines is 1. The van der Waals surface area contributed by atoms with Crippen LogP contribution in [0.1, 0.15) is 67.7 Å². The highest BCUT2D eigenvalue weighted by atomic mass is 15.2. The van der Waals surface area contributed by atoms with E-state index in [0.717, 1.165) is 48.2 Å². The largest absolute Gasteiger partial charge is 0.341 e. The van der Waals surface area contributed by atoms with E-state index in [-0.39, 0.29) is 6.04 Å². The zero-order valence-corrected chi connectivity index (χ0v) is 16.2. The van der Waals surface area contributed by atoms with Crippen LogP contribution < -0.4 is 10.2 Å². The third-order valence-electron chi connectivity index (χ3n) is 5.06. The van der Waals surface area contributed by atoms with Crippen LogP contribution in [0.5, 0.6) is 0 Å². The van der Waals surface area contributed by atoms with Gasteiger partial charge in [0.15, 0.2) is 0 Å². The summed E-state index contributed by atoms with van der Waals surface area (Å²) in [6, 6.07) is 0.178. The highest BCUT2D eigenvalue weighted by molar-refractivity contribution is 5.34. The van der Waals surface area contributed by atoms with Gasteiger partial charge in [-0.05, 0) is 33.6 Å². The Morgan fingerprint density at radius 2 is 1.62 bits per heavy atom. The van der Waals surface area contributed by atoms with Crippen molar-refractivity contribution in [3.05, 3.63) is 41.2 Å². The van der Waals surface area contributed by atoms with E-state index >= 15 is 0 Å². The molecule has 0 saturated carbocycles. The van der Waals surface area contributed by atoms with Gasteiger partial charge in [0.1, 0.15) is 5.82 Å².